The molecule has 1 N–H and O–H groups in total. The number of nitrogens with zero attached hydrogens (tertiary/aromatic N) is 2. The molecule has 3 heteroatoms. The molecule has 1 aromatic carbocycles. The molecule has 0 fully saturated rings. The van der Waals surface area contributed by atoms with E-state index in [2.05, 4.69) is 54.7 Å². The summed E-state index contributed by atoms with van der Waals surface area (Å²) in [5, 5.41) is 7.61. The average molecular weight is 243 g/mol. The van der Waals surface area contributed by atoms with Crippen LogP contribution in [0.3, 0.4) is 0 Å². The second kappa shape index (κ2) is 5.83. The van der Waals surface area contributed by atoms with E-state index < -0.39 is 0 Å². The molecule has 3 nitrogen and oxygen atoms in total. The normalized spacial score (nSPS) is 12.6. The second-order valence-corrected chi connectivity index (χ2v) is 4.62. The van der Waals surface area contributed by atoms with Crippen LogP contribution in [0.4, 0.5) is 0 Å². The monoisotopic (exact) mass is 243 g/mol. The zero-order valence-electron chi connectivity index (χ0n) is 11.4. The van der Waals surface area contributed by atoms with Gasteiger partial charge in [0.05, 0.1) is 6.20 Å². The molecule has 1 aromatic heterocycles. The first-order chi connectivity index (χ1) is 8.74. The minimum atomic E-state index is 0.391. The van der Waals surface area contributed by atoms with Crippen molar-refractivity contribution in [3.8, 4) is 11.1 Å². The molecule has 0 amide bonds. The zero-order valence-corrected chi connectivity index (χ0v) is 11.4. The van der Waals surface area contributed by atoms with Gasteiger partial charge in [-0.25, -0.2) is 0 Å². The van der Waals surface area contributed by atoms with Gasteiger partial charge in [0.1, 0.15) is 0 Å². The van der Waals surface area contributed by atoms with Gasteiger partial charge in [0.25, 0.3) is 0 Å². The Morgan fingerprint density at radius 1 is 1.22 bits per heavy atom. The third-order valence-corrected chi connectivity index (χ3v) is 3.26. The Kier molecular flexibility index (Phi) is 4.15. The molecule has 0 unspecified atom stereocenters. The third-order valence-electron chi connectivity index (χ3n) is 3.26. The van der Waals surface area contributed by atoms with Gasteiger partial charge in [-0.1, -0.05) is 31.2 Å². The predicted molar refractivity (Wildman–Crippen MR) is 75.4 cm³/mol. The molecule has 0 aliphatic heterocycles. The molecule has 0 bridgehead atoms. The van der Waals surface area contributed by atoms with Gasteiger partial charge in [0.2, 0.25) is 0 Å². The lowest BCUT2D eigenvalue weighted by Gasteiger charge is -2.10. The van der Waals surface area contributed by atoms with E-state index in [9.17, 15) is 0 Å². The Labute approximate surface area is 109 Å². The molecule has 96 valence electrons. The van der Waals surface area contributed by atoms with Crippen molar-refractivity contribution in [2.45, 2.75) is 32.9 Å². The summed E-state index contributed by atoms with van der Waals surface area (Å²) in [5.74, 6) is 0. The maximum atomic E-state index is 4.36. The standard InChI is InChI=1S/C15H21N3/c1-4-9-18-11-15(10-17-18)14-7-5-13(6-8-14)12(2)16-3/h5-8,10-12,16H,4,9H2,1-3H3/t12-/m0/s1. The van der Waals surface area contributed by atoms with Gasteiger partial charge in [0, 0.05) is 24.3 Å². The van der Waals surface area contributed by atoms with Crippen LogP contribution in [0.15, 0.2) is 36.7 Å². The number of aromatic nitrogens is 2. The summed E-state index contributed by atoms with van der Waals surface area (Å²) in [6.07, 6.45) is 5.16. The number of benzene rings is 1. The molecule has 1 atom stereocenters. The van der Waals surface area contributed by atoms with Crippen molar-refractivity contribution in [2.75, 3.05) is 7.05 Å². The molecule has 2 aromatic rings. The fourth-order valence-corrected chi connectivity index (χ4v) is 1.99. The van der Waals surface area contributed by atoms with Crippen molar-refractivity contribution >= 4 is 0 Å². The average Bonchev–Trinajstić information content (AvgIpc) is 2.87. The lowest BCUT2D eigenvalue weighted by molar-refractivity contribution is 0.603. The van der Waals surface area contributed by atoms with Crippen LogP contribution in [0.25, 0.3) is 11.1 Å². The maximum Gasteiger partial charge on any atom is 0.0568 e. The van der Waals surface area contributed by atoms with Gasteiger partial charge in [-0.3, -0.25) is 4.68 Å². The quantitative estimate of drug-likeness (QED) is 0.873. The Balaban J connectivity index is 2.17. The van der Waals surface area contributed by atoms with Crippen LogP contribution in [0, 0.1) is 0 Å². The van der Waals surface area contributed by atoms with E-state index in [-0.39, 0.29) is 0 Å². The number of aryl methyl sites for hydroxylation is 1. The summed E-state index contributed by atoms with van der Waals surface area (Å²) in [4.78, 5) is 0. The van der Waals surface area contributed by atoms with E-state index in [1.165, 1.54) is 16.7 Å². The molecule has 1 heterocycles. The molecule has 18 heavy (non-hydrogen) atoms. The second-order valence-electron chi connectivity index (χ2n) is 4.62. The van der Waals surface area contributed by atoms with Crippen molar-refractivity contribution in [3.05, 3.63) is 42.2 Å². The Morgan fingerprint density at radius 2 is 1.94 bits per heavy atom. The van der Waals surface area contributed by atoms with Gasteiger partial charge in [-0.2, -0.15) is 5.10 Å². The largest absolute Gasteiger partial charge is 0.313 e. The first-order valence-electron chi connectivity index (χ1n) is 6.54. The summed E-state index contributed by atoms with van der Waals surface area (Å²) >= 11 is 0. The number of nitrogens with one attached hydrogen (secondary N) is 1. The van der Waals surface area contributed by atoms with Crippen molar-refractivity contribution in [2.24, 2.45) is 0 Å². The lowest BCUT2D eigenvalue weighted by atomic mass is 10.0. The molecule has 0 aliphatic carbocycles. The minimum absolute atomic E-state index is 0.391. The van der Waals surface area contributed by atoms with Crippen LogP contribution in [0.5, 0.6) is 0 Å². The Hall–Kier alpha value is -1.61. The van der Waals surface area contributed by atoms with Crippen molar-refractivity contribution < 1.29 is 0 Å². The van der Waals surface area contributed by atoms with Gasteiger partial charge in [-0.05, 0) is 31.5 Å². The third kappa shape index (κ3) is 2.79. The summed E-state index contributed by atoms with van der Waals surface area (Å²) in [7, 11) is 1.98. The number of rotatable bonds is 5. The molecule has 0 saturated heterocycles. The highest BCUT2D eigenvalue weighted by Gasteiger charge is 2.04. The van der Waals surface area contributed by atoms with E-state index in [1.54, 1.807) is 0 Å². The van der Waals surface area contributed by atoms with Crippen LogP contribution in [0.2, 0.25) is 0 Å². The van der Waals surface area contributed by atoms with E-state index in [4.69, 9.17) is 0 Å². The zero-order chi connectivity index (χ0) is 13.0. The van der Waals surface area contributed by atoms with E-state index in [0.29, 0.717) is 6.04 Å². The SMILES string of the molecule is CCCn1cc(-c2ccc([C@H](C)NC)cc2)cn1. The topological polar surface area (TPSA) is 29.9 Å². The van der Waals surface area contributed by atoms with Crippen LogP contribution in [-0.4, -0.2) is 16.8 Å². The van der Waals surface area contributed by atoms with Gasteiger partial charge in [0.15, 0.2) is 0 Å². The number of hydrogen-bond donors (Lipinski definition) is 1. The van der Waals surface area contributed by atoms with E-state index in [0.717, 1.165) is 13.0 Å². The van der Waals surface area contributed by atoms with Crippen LogP contribution in [-0.2, 0) is 6.54 Å². The van der Waals surface area contributed by atoms with E-state index in [1.807, 2.05) is 17.9 Å². The van der Waals surface area contributed by atoms with Gasteiger partial charge in [-0.15, -0.1) is 0 Å². The summed E-state index contributed by atoms with van der Waals surface area (Å²) in [6, 6.07) is 9.07. The molecule has 0 aliphatic rings. The minimum Gasteiger partial charge on any atom is -0.313 e. The van der Waals surface area contributed by atoms with Crippen molar-refractivity contribution in [1.82, 2.24) is 15.1 Å². The van der Waals surface area contributed by atoms with Crippen molar-refractivity contribution in [3.63, 3.8) is 0 Å². The molecule has 2 rings (SSSR count). The molecule has 0 saturated carbocycles. The first kappa shape index (κ1) is 12.8. The highest BCUT2D eigenvalue weighted by molar-refractivity contribution is 5.62. The number of hydrogen-bond acceptors (Lipinski definition) is 2. The molecular formula is C15H21N3. The Morgan fingerprint density at radius 3 is 2.56 bits per heavy atom. The fourth-order valence-electron chi connectivity index (χ4n) is 1.99. The summed E-state index contributed by atoms with van der Waals surface area (Å²) in [5.41, 5.74) is 3.72. The molecule has 0 spiro atoms. The Bertz CT molecular complexity index is 485. The molecule has 0 radical (unpaired) electrons. The maximum absolute atomic E-state index is 4.36. The molecular weight excluding hydrogens is 222 g/mol. The summed E-state index contributed by atoms with van der Waals surface area (Å²) in [6.45, 7) is 5.30. The highest BCUT2D eigenvalue weighted by Crippen LogP contribution is 2.21. The smallest absolute Gasteiger partial charge is 0.0568 e. The van der Waals surface area contributed by atoms with Gasteiger partial charge < -0.3 is 5.32 Å². The summed E-state index contributed by atoms with van der Waals surface area (Å²) < 4.78 is 2.00. The van der Waals surface area contributed by atoms with E-state index >= 15 is 0 Å². The first-order valence-corrected chi connectivity index (χ1v) is 6.54. The van der Waals surface area contributed by atoms with Gasteiger partial charge >= 0.3 is 0 Å². The predicted octanol–water partition coefficient (Wildman–Crippen LogP) is 3.24. The van der Waals surface area contributed by atoms with Crippen LogP contribution >= 0.6 is 0 Å². The van der Waals surface area contributed by atoms with Crippen molar-refractivity contribution in [1.29, 1.82) is 0 Å². The van der Waals surface area contributed by atoms with Crippen LogP contribution < -0.4 is 5.32 Å². The fraction of sp³-hybridized carbons (Fsp3) is 0.400. The lowest BCUT2D eigenvalue weighted by Crippen LogP contribution is -2.11. The van der Waals surface area contributed by atoms with Crippen LogP contribution in [0.1, 0.15) is 31.9 Å². The highest BCUT2D eigenvalue weighted by atomic mass is 15.3.